The Hall–Kier alpha value is -3.04. The van der Waals surface area contributed by atoms with E-state index >= 15 is 0 Å². The van der Waals surface area contributed by atoms with Gasteiger partial charge in [0.2, 0.25) is 10.0 Å². The van der Waals surface area contributed by atoms with Crippen molar-refractivity contribution in [1.29, 1.82) is 0 Å². The molecule has 0 radical (unpaired) electrons. The predicted molar refractivity (Wildman–Crippen MR) is 112 cm³/mol. The fourth-order valence-electron chi connectivity index (χ4n) is 3.44. The van der Waals surface area contributed by atoms with Gasteiger partial charge in [0.15, 0.2) is 0 Å². The van der Waals surface area contributed by atoms with E-state index in [1.165, 1.54) is 10.6 Å². The molecule has 8 nitrogen and oxygen atoms in total. The first-order valence-corrected chi connectivity index (χ1v) is 11.1. The second kappa shape index (κ2) is 8.00. The Morgan fingerprint density at radius 1 is 0.933 bits per heavy atom. The zero-order valence-corrected chi connectivity index (χ0v) is 17.7. The van der Waals surface area contributed by atoms with Crippen LogP contribution in [0.3, 0.4) is 0 Å². The van der Waals surface area contributed by atoms with Crippen LogP contribution in [0.25, 0.3) is 5.69 Å². The first kappa shape index (κ1) is 20.2. The topological polar surface area (TPSA) is 88.4 Å². The number of hydrogen-bond donors (Lipinski definition) is 0. The van der Waals surface area contributed by atoms with Crippen LogP contribution in [-0.2, 0) is 10.0 Å². The summed E-state index contributed by atoms with van der Waals surface area (Å²) in [6, 6.07) is 12.3. The molecule has 0 bridgehead atoms. The van der Waals surface area contributed by atoms with Crippen LogP contribution in [0.5, 0.6) is 0 Å². The van der Waals surface area contributed by atoms with Gasteiger partial charge in [0.1, 0.15) is 12.7 Å². The summed E-state index contributed by atoms with van der Waals surface area (Å²) in [6.07, 6.45) is 3.04. The van der Waals surface area contributed by atoms with Crippen molar-refractivity contribution >= 4 is 15.9 Å². The number of amides is 1. The molecule has 0 aliphatic carbocycles. The van der Waals surface area contributed by atoms with Crippen molar-refractivity contribution in [3.05, 3.63) is 71.8 Å². The van der Waals surface area contributed by atoms with Gasteiger partial charge in [-0.25, -0.2) is 18.1 Å². The van der Waals surface area contributed by atoms with E-state index in [4.69, 9.17) is 0 Å². The van der Waals surface area contributed by atoms with Crippen LogP contribution in [0, 0.1) is 13.8 Å². The number of nitrogens with zero attached hydrogens (tertiary/aromatic N) is 5. The van der Waals surface area contributed by atoms with E-state index in [0.29, 0.717) is 23.5 Å². The van der Waals surface area contributed by atoms with Crippen molar-refractivity contribution in [2.45, 2.75) is 18.7 Å². The van der Waals surface area contributed by atoms with Gasteiger partial charge in [-0.3, -0.25) is 4.79 Å². The summed E-state index contributed by atoms with van der Waals surface area (Å²) in [5, 5.41) is 4.07. The maximum Gasteiger partial charge on any atom is 0.253 e. The number of carbonyl (C=O) groups is 1. The molecule has 156 valence electrons. The lowest BCUT2D eigenvalue weighted by molar-refractivity contribution is 0.0698. The zero-order chi connectivity index (χ0) is 21.3. The molecular formula is C21H23N5O3S. The zero-order valence-electron chi connectivity index (χ0n) is 16.9. The molecule has 0 spiro atoms. The highest BCUT2D eigenvalue weighted by atomic mass is 32.2. The van der Waals surface area contributed by atoms with Gasteiger partial charge < -0.3 is 4.90 Å². The minimum atomic E-state index is -3.57. The minimum Gasteiger partial charge on any atom is -0.336 e. The number of benzene rings is 2. The molecule has 1 saturated heterocycles. The fraction of sp³-hybridized carbons (Fsp3) is 0.286. The fourth-order valence-corrected chi connectivity index (χ4v) is 4.94. The third kappa shape index (κ3) is 3.86. The van der Waals surface area contributed by atoms with Crippen LogP contribution >= 0.6 is 0 Å². The quantitative estimate of drug-likeness (QED) is 0.638. The average Bonchev–Trinajstić information content (AvgIpc) is 3.30. The Balaban J connectivity index is 1.42. The Morgan fingerprint density at radius 3 is 2.23 bits per heavy atom. The van der Waals surface area contributed by atoms with E-state index in [1.54, 1.807) is 40.2 Å². The van der Waals surface area contributed by atoms with Gasteiger partial charge in [-0.15, -0.1) is 0 Å². The van der Waals surface area contributed by atoms with Crippen LogP contribution in [0.4, 0.5) is 0 Å². The van der Waals surface area contributed by atoms with Gasteiger partial charge in [0.05, 0.1) is 10.6 Å². The van der Waals surface area contributed by atoms with Gasteiger partial charge in [-0.1, -0.05) is 6.07 Å². The van der Waals surface area contributed by atoms with E-state index in [1.807, 2.05) is 32.0 Å². The molecular weight excluding hydrogens is 402 g/mol. The summed E-state index contributed by atoms with van der Waals surface area (Å²) in [6.45, 7) is 5.12. The van der Waals surface area contributed by atoms with Crippen LogP contribution in [-0.4, -0.2) is 64.5 Å². The Labute approximate surface area is 175 Å². The molecule has 0 N–H and O–H groups in total. The molecule has 0 saturated carbocycles. The highest BCUT2D eigenvalue weighted by Crippen LogP contribution is 2.21. The van der Waals surface area contributed by atoms with Crippen molar-refractivity contribution in [2.24, 2.45) is 0 Å². The van der Waals surface area contributed by atoms with E-state index in [2.05, 4.69) is 10.1 Å². The molecule has 4 rings (SSSR count). The summed E-state index contributed by atoms with van der Waals surface area (Å²) < 4.78 is 29.0. The van der Waals surface area contributed by atoms with Crippen molar-refractivity contribution in [1.82, 2.24) is 24.0 Å². The van der Waals surface area contributed by atoms with Crippen LogP contribution in [0.2, 0.25) is 0 Å². The second-order valence-electron chi connectivity index (χ2n) is 7.33. The lowest BCUT2D eigenvalue weighted by Crippen LogP contribution is -2.50. The summed E-state index contributed by atoms with van der Waals surface area (Å²) in [5.41, 5.74) is 3.37. The smallest absolute Gasteiger partial charge is 0.253 e. The normalized spacial score (nSPS) is 15.3. The van der Waals surface area contributed by atoms with Gasteiger partial charge >= 0.3 is 0 Å². The molecule has 2 heterocycles. The van der Waals surface area contributed by atoms with Crippen LogP contribution < -0.4 is 0 Å². The van der Waals surface area contributed by atoms with Gasteiger partial charge in [-0.2, -0.15) is 9.40 Å². The third-order valence-corrected chi connectivity index (χ3v) is 7.33. The molecule has 9 heteroatoms. The highest BCUT2D eigenvalue weighted by molar-refractivity contribution is 7.89. The number of aromatic nitrogens is 3. The molecule has 30 heavy (non-hydrogen) atoms. The Kier molecular flexibility index (Phi) is 5.40. The standard InChI is InChI=1S/C21H23N5O3S/c1-16-3-8-20(13-17(16)2)30(28,29)25-11-9-24(10-12-25)21(27)18-4-6-19(7-5-18)26-15-22-14-23-26/h3-8,13-15H,9-12H2,1-2H3. The lowest BCUT2D eigenvalue weighted by atomic mass is 10.1. The molecule has 1 fully saturated rings. The molecule has 0 atom stereocenters. The van der Waals surface area contributed by atoms with Gasteiger partial charge in [0.25, 0.3) is 5.91 Å². The maximum atomic E-state index is 13.0. The Bertz CT molecular complexity index is 1150. The van der Waals surface area contributed by atoms with Crippen LogP contribution in [0.1, 0.15) is 21.5 Å². The second-order valence-corrected chi connectivity index (χ2v) is 9.27. The number of rotatable bonds is 4. The number of sulfonamides is 1. The number of aryl methyl sites for hydroxylation is 2. The average molecular weight is 426 g/mol. The lowest BCUT2D eigenvalue weighted by Gasteiger charge is -2.34. The molecule has 1 aliphatic rings. The number of hydrogen-bond acceptors (Lipinski definition) is 5. The number of carbonyl (C=O) groups excluding carboxylic acids is 1. The van der Waals surface area contributed by atoms with Crippen LogP contribution in [0.15, 0.2) is 60.0 Å². The van der Waals surface area contributed by atoms with Crippen molar-refractivity contribution < 1.29 is 13.2 Å². The molecule has 1 amide bonds. The largest absolute Gasteiger partial charge is 0.336 e. The van der Waals surface area contributed by atoms with Gasteiger partial charge in [0, 0.05) is 31.7 Å². The van der Waals surface area contributed by atoms with E-state index in [9.17, 15) is 13.2 Å². The van der Waals surface area contributed by atoms with E-state index in [-0.39, 0.29) is 19.0 Å². The molecule has 1 aliphatic heterocycles. The summed E-state index contributed by atoms with van der Waals surface area (Å²) in [4.78, 5) is 18.7. The molecule has 2 aromatic carbocycles. The first-order valence-electron chi connectivity index (χ1n) is 9.68. The third-order valence-electron chi connectivity index (χ3n) is 5.44. The Morgan fingerprint density at radius 2 is 1.63 bits per heavy atom. The first-order chi connectivity index (χ1) is 14.4. The number of piperazine rings is 1. The van der Waals surface area contributed by atoms with E-state index in [0.717, 1.165) is 16.8 Å². The SMILES string of the molecule is Cc1ccc(S(=O)(=O)N2CCN(C(=O)c3ccc(-n4cncn4)cc3)CC2)cc1C. The summed E-state index contributed by atoms with van der Waals surface area (Å²) in [7, 11) is -3.57. The maximum absolute atomic E-state index is 13.0. The molecule has 3 aromatic rings. The monoisotopic (exact) mass is 425 g/mol. The summed E-state index contributed by atoms with van der Waals surface area (Å²) in [5.74, 6) is -0.108. The van der Waals surface area contributed by atoms with Crippen molar-refractivity contribution in [3.8, 4) is 5.69 Å². The van der Waals surface area contributed by atoms with Gasteiger partial charge in [-0.05, 0) is 61.4 Å². The van der Waals surface area contributed by atoms with Crippen molar-refractivity contribution in [2.75, 3.05) is 26.2 Å². The molecule has 0 unspecified atom stereocenters. The van der Waals surface area contributed by atoms with Crippen molar-refractivity contribution in [3.63, 3.8) is 0 Å². The van der Waals surface area contributed by atoms with E-state index < -0.39 is 10.0 Å². The minimum absolute atomic E-state index is 0.108. The predicted octanol–water partition coefficient (Wildman–Crippen LogP) is 2.03. The molecule has 1 aromatic heterocycles. The summed E-state index contributed by atoms with van der Waals surface area (Å²) >= 11 is 0. The highest BCUT2D eigenvalue weighted by Gasteiger charge is 2.30.